The fourth-order valence-corrected chi connectivity index (χ4v) is 2.98. The molecule has 0 bridgehead atoms. The third-order valence-corrected chi connectivity index (χ3v) is 4.56. The van der Waals surface area contributed by atoms with Crippen molar-refractivity contribution in [2.75, 3.05) is 11.9 Å². The highest BCUT2D eigenvalue weighted by atomic mass is 35.5. The smallest absolute Gasteiger partial charge is 0.137 e. The normalized spacial score (nSPS) is 16.6. The van der Waals surface area contributed by atoms with E-state index >= 15 is 0 Å². The van der Waals surface area contributed by atoms with Crippen molar-refractivity contribution in [2.24, 2.45) is 5.92 Å². The number of nitrogens with one attached hydrogen (secondary N) is 1. The van der Waals surface area contributed by atoms with Gasteiger partial charge in [0, 0.05) is 18.0 Å². The van der Waals surface area contributed by atoms with Crippen molar-refractivity contribution < 1.29 is 0 Å². The summed E-state index contributed by atoms with van der Waals surface area (Å²) in [6.45, 7) is 7.14. The molecule has 0 spiro atoms. The van der Waals surface area contributed by atoms with Crippen LogP contribution in [-0.4, -0.2) is 16.5 Å². The molecule has 1 saturated carbocycles. The molecule has 1 aliphatic rings. The molecule has 20 heavy (non-hydrogen) atoms. The lowest BCUT2D eigenvalue weighted by atomic mass is 9.87. The van der Waals surface area contributed by atoms with Gasteiger partial charge in [-0.1, -0.05) is 57.6 Å². The van der Waals surface area contributed by atoms with Crippen molar-refractivity contribution in [3.63, 3.8) is 0 Å². The molecule has 2 rings (SSSR count). The summed E-state index contributed by atoms with van der Waals surface area (Å²) >= 11 is 6.20. The average Bonchev–Trinajstić information content (AvgIpc) is 2.44. The first-order valence-corrected chi connectivity index (χ1v) is 8.23. The third-order valence-electron chi connectivity index (χ3n) is 4.19. The standard InChI is InChI=1S/C16H26ClN3/c1-11(2)15-19-14(17)12(3)16(20-15)18-10-9-13-7-5-4-6-8-13/h11,13H,4-10H2,1-3H3,(H,18,19,20). The highest BCUT2D eigenvalue weighted by molar-refractivity contribution is 6.30. The zero-order valence-electron chi connectivity index (χ0n) is 12.9. The van der Waals surface area contributed by atoms with Crippen LogP contribution in [0.1, 0.15) is 69.7 Å². The molecule has 0 radical (unpaired) electrons. The molecule has 1 aliphatic carbocycles. The van der Waals surface area contributed by atoms with Crippen LogP contribution in [0.25, 0.3) is 0 Å². The topological polar surface area (TPSA) is 37.8 Å². The van der Waals surface area contributed by atoms with Crippen molar-refractivity contribution in [2.45, 2.75) is 65.2 Å². The van der Waals surface area contributed by atoms with Gasteiger partial charge >= 0.3 is 0 Å². The van der Waals surface area contributed by atoms with Gasteiger partial charge in [0.2, 0.25) is 0 Å². The molecular formula is C16H26ClN3. The van der Waals surface area contributed by atoms with Crippen molar-refractivity contribution >= 4 is 17.4 Å². The summed E-state index contributed by atoms with van der Waals surface area (Å²) in [6, 6.07) is 0. The Balaban J connectivity index is 1.94. The molecule has 0 unspecified atom stereocenters. The van der Waals surface area contributed by atoms with Crippen molar-refractivity contribution in [1.29, 1.82) is 0 Å². The predicted molar refractivity (Wildman–Crippen MR) is 85.5 cm³/mol. The first kappa shape index (κ1) is 15.6. The molecule has 3 nitrogen and oxygen atoms in total. The molecule has 0 saturated heterocycles. The summed E-state index contributed by atoms with van der Waals surface area (Å²) in [5.74, 6) is 2.91. The third kappa shape index (κ3) is 4.08. The lowest BCUT2D eigenvalue weighted by Crippen LogP contribution is -2.14. The molecule has 0 atom stereocenters. The number of halogens is 1. The molecule has 0 amide bonds. The van der Waals surface area contributed by atoms with E-state index in [1.807, 2.05) is 6.92 Å². The van der Waals surface area contributed by atoms with Gasteiger partial charge in [-0.3, -0.25) is 0 Å². The molecule has 1 heterocycles. The maximum absolute atomic E-state index is 6.20. The van der Waals surface area contributed by atoms with E-state index in [9.17, 15) is 0 Å². The lowest BCUT2D eigenvalue weighted by molar-refractivity contribution is 0.345. The number of hydrogen-bond acceptors (Lipinski definition) is 3. The van der Waals surface area contributed by atoms with E-state index in [4.69, 9.17) is 11.6 Å². The van der Waals surface area contributed by atoms with Crippen LogP contribution in [-0.2, 0) is 0 Å². The van der Waals surface area contributed by atoms with E-state index in [-0.39, 0.29) is 0 Å². The Morgan fingerprint density at radius 3 is 2.55 bits per heavy atom. The van der Waals surface area contributed by atoms with E-state index in [1.165, 1.54) is 38.5 Å². The van der Waals surface area contributed by atoms with E-state index in [0.29, 0.717) is 11.1 Å². The molecular weight excluding hydrogens is 270 g/mol. The SMILES string of the molecule is Cc1c(Cl)nc(C(C)C)nc1NCCC1CCCCC1. The van der Waals surface area contributed by atoms with Crippen LogP contribution >= 0.6 is 11.6 Å². The Morgan fingerprint density at radius 2 is 1.90 bits per heavy atom. The van der Waals surface area contributed by atoms with Gasteiger partial charge in [0.15, 0.2) is 0 Å². The molecule has 112 valence electrons. The van der Waals surface area contributed by atoms with Gasteiger partial charge < -0.3 is 5.32 Å². The first-order valence-electron chi connectivity index (χ1n) is 7.86. The fourth-order valence-electron chi connectivity index (χ4n) is 2.81. The van der Waals surface area contributed by atoms with Crippen LogP contribution in [0.4, 0.5) is 5.82 Å². The minimum absolute atomic E-state index is 0.298. The van der Waals surface area contributed by atoms with Gasteiger partial charge in [-0.15, -0.1) is 0 Å². The second-order valence-electron chi connectivity index (χ2n) is 6.22. The van der Waals surface area contributed by atoms with Crippen molar-refractivity contribution in [3.8, 4) is 0 Å². The van der Waals surface area contributed by atoms with Gasteiger partial charge in [-0.25, -0.2) is 9.97 Å². The van der Waals surface area contributed by atoms with Crippen LogP contribution in [0, 0.1) is 12.8 Å². The van der Waals surface area contributed by atoms with Gasteiger partial charge in [0.25, 0.3) is 0 Å². The van der Waals surface area contributed by atoms with Gasteiger partial charge in [-0.2, -0.15) is 0 Å². The molecule has 1 aromatic rings. The molecule has 1 aromatic heterocycles. The predicted octanol–water partition coefficient (Wildman–Crippen LogP) is 4.94. The number of aromatic nitrogens is 2. The Labute approximate surface area is 127 Å². The summed E-state index contributed by atoms with van der Waals surface area (Å²) in [5.41, 5.74) is 0.958. The lowest BCUT2D eigenvalue weighted by Gasteiger charge is -2.22. The minimum Gasteiger partial charge on any atom is -0.370 e. The second-order valence-corrected chi connectivity index (χ2v) is 6.58. The van der Waals surface area contributed by atoms with Crippen molar-refractivity contribution in [3.05, 3.63) is 16.5 Å². The molecule has 1 N–H and O–H groups in total. The summed E-state index contributed by atoms with van der Waals surface area (Å²) in [7, 11) is 0. The monoisotopic (exact) mass is 295 g/mol. The number of rotatable bonds is 5. The second kappa shape index (κ2) is 7.26. The first-order chi connectivity index (χ1) is 9.58. The highest BCUT2D eigenvalue weighted by Gasteiger charge is 2.14. The largest absolute Gasteiger partial charge is 0.370 e. The van der Waals surface area contributed by atoms with E-state index in [2.05, 4.69) is 29.1 Å². The van der Waals surface area contributed by atoms with Gasteiger partial charge in [0.1, 0.15) is 16.8 Å². The zero-order chi connectivity index (χ0) is 14.5. The quantitative estimate of drug-likeness (QED) is 0.782. The van der Waals surface area contributed by atoms with Crippen molar-refractivity contribution in [1.82, 2.24) is 9.97 Å². The van der Waals surface area contributed by atoms with Gasteiger partial charge in [-0.05, 0) is 19.3 Å². The minimum atomic E-state index is 0.298. The van der Waals surface area contributed by atoms with Crippen LogP contribution in [0.5, 0.6) is 0 Å². The maximum Gasteiger partial charge on any atom is 0.137 e. The highest BCUT2D eigenvalue weighted by Crippen LogP contribution is 2.27. The molecule has 4 heteroatoms. The fraction of sp³-hybridized carbons (Fsp3) is 0.750. The number of nitrogens with zero attached hydrogens (tertiary/aromatic N) is 2. The van der Waals surface area contributed by atoms with E-state index in [1.54, 1.807) is 0 Å². The van der Waals surface area contributed by atoms with Crippen LogP contribution < -0.4 is 5.32 Å². The summed E-state index contributed by atoms with van der Waals surface area (Å²) in [4.78, 5) is 8.95. The van der Waals surface area contributed by atoms with E-state index < -0.39 is 0 Å². The van der Waals surface area contributed by atoms with Crippen LogP contribution in [0.15, 0.2) is 0 Å². The molecule has 1 fully saturated rings. The van der Waals surface area contributed by atoms with Crippen LogP contribution in [0.2, 0.25) is 5.15 Å². The Hall–Kier alpha value is -0.830. The molecule has 0 aromatic carbocycles. The molecule has 0 aliphatic heterocycles. The zero-order valence-corrected chi connectivity index (χ0v) is 13.6. The summed E-state index contributed by atoms with van der Waals surface area (Å²) in [5, 5.41) is 4.03. The Kier molecular flexibility index (Phi) is 5.64. The van der Waals surface area contributed by atoms with Crippen LogP contribution in [0.3, 0.4) is 0 Å². The van der Waals surface area contributed by atoms with E-state index in [0.717, 1.165) is 29.7 Å². The van der Waals surface area contributed by atoms with Gasteiger partial charge in [0.05, 0.1) is 0 Å². The summed E-state index contributed by atoms with van der Waals surface area (Å²) < 4.78 is 0. The summed E-state index contributed by atoms with van der Waals surface area (Å²) in [6.07, 6.45) is 8.24. The number of anilines is 1. The number of hydrogen-bond donors (Lipinski definition) is 1. The maximum atomic E-state index is 6.20. The Bertz CT molecular complexity index is 440. The average molecular weight is 296 g/mol. The Morgan fingerprint density at radius 1 is 1.20 bits per heavy atom.